The molecule has 0 fully saturated rings. The Morgan fingerprint density at radius 3 is 2.61 bits per heavy atom. The smallest absolute Gasteiger partial charge is 0.275 e. The zero-order valence-corrected chi connectivity index (χ0v) is 18.6. The quantitative estimate of drug-likeness (QED) is 0.196. The van der Waals surface area contributed by atoms with Gasteiger partial charge in [-0.2, -0.15) is 0 Å². The molecule has 0 N–H and O–H groups in total. The molecule has 0 saturated carbocycles. The van der Waals surface area contributed by atoms with E-state index in [-0.39, 0.29) is 21.8 Å². The standard InChI is InChI=1S/C25H20N2O5S/c1-3-5-17-6-4-7-18-12-19-15-26(33(30,31)21-10-8-16(2)9-11-21)22-13-20(27(28)29)14-23(24(19)22)32-25(17)18/h3-4,6-11,13-15H,1,5,12H2,2H3. The zero-order valence-electron chi connectivity index (χ0n) is 17.8. The third-order valence-corrected chi connectivity index (χ3v) is 7.51. The molecule has 1 aliphatic rings. The summed E-state index contributed by atoms with van der Waals surface area (Å²) in [5.41, 5.74) is 3.41. The van der Waals surface area contributed by atoms with Gasteiger partial charge in [-0.05, 0) is 42.2 Å². The molecule has 1 aromatic heterocycles. The number of nitrogens with zero attached hydrogens (tertiary/aromatic N) is 2. The highest BCUT2D eigenvalue weighted by molar-refractivity contribution is 7.90. The van der Waals surface area contributed by atoms with E-state index in [9.17, 15) is 18.5 Å². The van der Waals surface area contributed by atoms with E-state index in [2.05, 4.69) is 6.58 Å². The van der Waals surface area contributed by atoms with E-state index in [1.807, 2.05) is 25.1 Å². The molecule has 0 amide bonds. The highest BCUT2D eigenvalue weighted by Crippen LogP contribution is 2.44. The lowest BCUT2D eigenvalue weighted by molar-refractivity contribution is -0.384. The van der Waals surface area contributed by atoms with E-state index >= 15 is 0 Å². The first-order chi connectivity index (χ1) is 15.8. The summed E-state index contributed by atoms with van der Waals surface area (Å²) in [5.74, 6) is 0.894. The van der Waals surface area contributed by atoms with Crippen LogP contribution in [0.4, 0.5) is 5.69 Å². The fourth-order valence-electron chi connectivity index (χ4n) is 4.24. The summed E-state index contributed by atoms with van der Waals surface area (Å²) in [6, 6.07) is 14.9. The van der Waals surface area contributed by atoms with Gasteiger partial charge in [0.2, 0.25) is 0 Å². The maximum absolute atomic E-state index is 13.5. The first-order valence-corrected chi connectivity index (χ1v) is 11.8. The lowest BCUT2D eigenvalue weighted by Gasteiger charge is -2.14. The second-order valence-corrected chi connectivity index (χ2v) is 9.86. The highest BCUT2D eigenvalue weighted by Gasteiger charge is 2.29. The van der Waals surface area contributed by atoms with Gasteiger partial charge in [0.15, 0.2) is 0 Å². The fourth-order valence-corrected chi connectivity index (χ4v) is 5.62. The summed E-state index contributed by atoms with van der Waals surface area (Å²) in [4.78, 5) is 11.2. The number of ether oxygens (including phenoxy) is 1. The Kier molecular flexibility index (Phi) is 4.83. The zero-order chi connectivity index (χ0) is 23.3. The van der Waals surface area contributed by atoms with Crippen LogP contribution in [0.25, 0.3) is 10.9 Å². The molecule has 0 radical (unpaired) electrons. The lowest BCUT2D eigenvalue weighted by atomic mass is 10.0. The number of para-hydroxylation sites is 1. The molecule has 0 unspecified atom stereocenters. The van der Waals surface area contributed by atoms with Gasteiger partial charge in [-0.3, -0.25) is 10.1 Å². The van der Waals surface area contributed by atoms with Crippen molar-refractivity contribution in [3.63, 3.8) is 0 Å². The molecule has 3 aromatic carbocycles. The van der Waals surface area contributed by atoms with Crippen LogP contribution in [0.5, 0.6) is 11.5 Å². The lowest BCUT2D eigenvalue weighted by Crippen LogP contribution is -2.12. The van der Waals surface area contributed by atoms with Crippen LogP contribution in [-0.4, -0.2) is 17.3 Å². The van der Waals surface area contributed by atoms with Crippen molar-refractivity contribution in [3.8, 4) is 11.5 Å². The second-order valence-electron chi connectivity index (χ2n) is 8.04. The van der Waals surface area contributed by atoms with Crippen molar-refractivity contribution in [2.75, 3.05) is 0 Å². The molecule has 0 bridgehead atoms. The van der Waals surface area contributed by atoms with Gasteiger partial charge >= 0.3 is 0 Å². The number of rotatable bonds is 5. The third kappa shape index (κ3) is 3.39. The number of benzene rings is 3. The summed E-state index contributed by atoms with van der Waals surface area (Å²) in [7, 11) is -3.98. The average molecular weight is 461 g/mol. The number of aromatic nitrogens is 1. The number of nitro benzene ring substituents is 1. The van der Waals surface area contributed by atoms with Crippen LogP contribution in [0.2, 0.25) is 0 Å². The monoisotopic (exact) mass is 460 g/mol. The Labute approximate surface area is 190 Å². The van der Waals surface area contributed by atoms with Crippen molar-refractivity contribution >= 4 is 26.6 Å². The average Bonchev–Trinajstić information content (AvgIpc) is 3.06. The molecule has 0 spiro atoms. The minimum absolute atomic E-state index is 0.108. The predicted molar refractivity (Wildman–Crippen MR) is 126 cm³/mol. The first kappa shape index (κ1) is 21.0. The van der Waals surface area contributed by atoms with Crippen molar-refractivity contribution in [1.29, 1.82) is 0 Å². The SMILES string of the molecule is C=CCc1cccc2c1Oc1cc([N+](=O)[O-])cc3c1c(cn3S(=O)(=O)c1ccc(C)cc1)C2. The van der Waals surface area contributed by atoms with Crippen LogP contribution < -0.4 is 4.74 Å². The van der Waals surface area contributed by atoms with Crippen LogP contribution in [0.15, 0.2) is 78.3 Å². The third-order valence-electron chi connectivity index (χ3n) is 5.82. The minimum atomic E-state index is -3.98. The topological polar surface area (TPSA) is 91.4 Å². The molecule has 33 heavy (non-hydrogen) atoms. The molecule has 0 saturated heterocycles. The van der Waals surface area contributed by atoms with Gasteiger partial charge in [0.05, 0.1) is 21.4 Å². The largest absolute Gasteiger partial charge is 0.456 e. The Hall–Kier alpha value is -3.91. The molecule has 0 aliphatic carbocycles. The summed E-state index contributed by atoms with van der Waals surface area (Å²) in [6.45, 7) is 5.66. The minimum Gasteiger partial charge on any atom is -0.456 e. The van der Waals surface area contributed by atoms with Crippen molar-refractivity contribution in [1.82, 2.24) is 3.97 Å². The van der Waals surface area contributed by atoms with Crippen molar-refractivity contribution in [3.05, 3.63) is 106 Å². The van der Waals surface area contributed by atoms with Crippen molar-refractivity contribution < 1.29 is 18.1 Å². The molecule has 0 atom stereocenters. The summed E-state index contributed by atoms with van der Waals surface area (Å²) in [6.07, 6.45) is 4.32. The van der Waals surface area contributed by atoms with Crippen LogP contribution in [-0.2, 0) is 22.9 Å². The van der Waals surface area contributed by atoms with Gasteiger partial charge < -0.3 is 4.74 Å². The number of hydrogen-bond acceptors (Lipinski definition) is 5. The van der Waals surface area contributed by atoms with E-state index in [0.29, 0.717) is 24.0 Å². The Bertz CT molecular complexity index is 1550. The second kappa shape index (κ2) is 7.60. The number of allylic oxidation sites excluding steroid dienone is 1. The first-order valence-electron chi connectivity index (χ1n) is 10.3. The maximum Gasteiger partial charge on any atom is 0.275 e. The molecule has 166 valence electrons. The van der Waals surface area contributed by atoms with Crippen LogP contribution in [0.3, 0.4) is 0 Å². The number of nitro groups is 1. The van der Waals surface area contributed by atoms with Crippen LogP contribution in [0.1, 0.15) is 22.3 Å². The van der Waals surface area contributed by atoms with Gasteiger partial charge in [0.25, 0.3) is 15.7 Å². The number of non-ortho nitro benzene ring substituents is 1. The van der Waals surface area contributed by atoms with Crippen molar-refractivity contribution in [2.45, 2.75) is 24.7 Å². The Morgan fingerprint density at radius 1 is 1.15 bits per heavy atom. The van der Waals surface area contributed by atoms with Gasteiger partial charge in [-0.15, -0.1) is 6.58 Å². The summed E-state index contributed by atoms with van der Waals surface area (Å²) < 4.78 is 34.4. The fraction of sp³-hybridized carbons (Fsp3) is 0.120. The molecule has 8 heteroatoms. The summed E-state index contributed by atoms with van der Waals surface area (Å²) in [5, 5.41) is 12.2. The van der Waals surface area contributed by atoms with Gasteiger partial charge in [-0.25, -0.2) is 12.4 Å². The predicted octanol–water partition coefficient (Wildman–Crippen LogP) is 5.52. The maximum atomic E-state index is 13.5. The Balaban J connectivity index is 1.79. The number of aryl methyl sites for hydroxylation is 1. The highest BCUT2D eigenvalue weighted by atomic mass is 32.2. The molecule has 4 aromatic rings. The number of fused-ring (bicyclic) bond motifs is 1. The number of hydrogen-bond donors (Lipinski definition) is 0. The van der Waals surface area contributed by atoms with Gasteiger partial charge in [-0.1, -0.05) is 42.0 Å². The molecule has 5 rings (SSSR count). The van der Waals surface area contributed by atoms with E-state index in [1.54, 1.807) is 24.4 Å². The van der Waals surface area contributed by atoms with E-state index in [0.717, 1.165) is 26.2 Å². The normalized spacial score (nSPS) is 12.6. The molecule has 7 nitrogen and oxygen atoms in total. The summed E-state index contributed by atoms with van der Waals surface area (Å²) >= 11 is 0. The van der Waals surface area contributed by atoms with E-state index < -0.39 is 14.9 Å². The van der Waals surface area contributed by atoms with Gasteiger partial charge in [0.1, 0.15) is 11.5 Å². The molecular weight excluding hydrogens is 440 g/mol. The molecular formula is C25H20N2O5S. The van der Waals surface area contributed by atoms with Crippen LogP contribution >= 0.6 is 0 Å². The molecule has 2 heterocycles. The van der Waals surface area contributed by atoms with Crippen LogP contribution in [0, 0.1) is 17.0 Å². The van der Waals surface area contributed by atoms with Crippen molar-refractivity contribution in [2.24, 2.45) is 0 Å². The van der Waals surface area contributed by atoms with E-state index in [1.165, 1.54) is 24.3 Å². The Morgan fingerprint density at radius 2 is 1.91 bits per heavy atom. The molecule has 1 aliphatic heterocycles. The van der Waals surface area contributed by atoms with Gasteiger partial charge in [0, 0.05) is 24.1 Å². The van der Waals surface area contributed by atoms with E-state index in [4.69, 9.17) is 4.74 Å².